The molecule has 0 unspecified atom stereocenters. The third kappa shape index (κ3) is 4.67. The monoisotopic (exact) mass is 399 g/mol. The van der Waals surface area contributed by atoms with E-state index in [2.05, 4.69) is 24.3 Å². The maximum atomic E-state index is 12.9. The quantitative estimate of drug-likeness (QED) is 0.654. The highest BCUT2D eigenvalue weighted by atomic mass is 16.2. The number of ketones is 1. The molecule has 0 amide bonds. The summed E-state index contributed by atoms with van der Waals surface area (Å²) < 4.78 is 2.32. The second-order valence-electron chi connectivity index (χ2n) is 8.04. The molecule has 7 heteroatoms. The fraction of sp³-hybridized carbons (Fsp3) is 0.500. The number of nitrogens with zero attached hydrogens (tertiary/aromatic N) is 2. The zero-order chi connectivity index (χ0) is 21.0. The summed E-state index contributed by atoms with van der Waals surface area (Å²) in [7, 11) is 1.40. The zero-order valence-corrected chi connectivity index (χ0v) is 17.3. The number of nitrogen functional groups attached to an aromatic ring is 1. The molecule has 2 heterocycles. The first-order chi connectivity index (χ1) is 13.9. The fourth-order valence-electron chi connectivity index (χ4n) is 4.21. The van der Waals surface area contributed by atoms with Gasteiger partial charge in [-0.1, -0.05) is 37.3 Å². The molecule has 1 fully saturated rings. The van der Waals surface area contributed by atoms with Crippen molar-refractivity contribution in [1.82, 2.24) is 9.13 Å². The highest BCUT2D eigenvalue weighted by Crippen LogP contribution is 2.16. The van der Waals surface area contributed by atoms with E-state index in [0.717, 1.165) is 36.9 Å². The Morgan fingerprint density at radius 3 is 2.45 bits per heavy atom. The van der Waals surface area contributed by atoms with Crippen molar-refractivity contribution in [2.24, 2.45) is 13.0 Å². The van der Waals surface area contributed by atoms with Gasteiger partial charge < -0.3 is 10.6 Å². The van der Waals surface area contributed by atoms with Gasteiger partial charge in [0.05, 0.1) is 13.1 Å². The van der Waals surface area contributed by atoms with E-state index in [0.29, 0.717) is 18.9 Å². The van der Waals surface area contributed by atoms with Crippen molar-refractivity contribution < 1.29 is 9.69 Å². The van der Waals surface area contributed by atoms with Gasteiger partial charge in [-0.05, 0) is 37.2 Å². The van der Waals surface area contributed by atoms with E-state index in [4.69, 9.17) is 5.73 Å². The molecule has 3 N–H and O–H groups in total. The Morgan fingerprint density at radius 1 is 1.17 bits per heavy atom. The number of quaternary nitrogens is 1. The van der Waals surface area contributed by atoms with Gasteiger partial charge >= 0.3 is 5.69 Å². The molecule has 1 saturated heterocycles. The Morgan fingerprint density at radius 2 is 1.83 bits per heavy atom. The Kier molecular flexibility index (Phi) is 6.69. The van der Waals surface area contributed by atoms with Gasteiger partial charge in [-0.3, -0.25) is 18.7 Å². The lowest BCUT2D eigenvalue weighted by atomic mass is 9.90. The van der Waals surface area contributed by atoms with Gasteiger partial charge in [-0.25, -0.2) is 4.79 Å². The second kappa shape index (κ2) is 9.22. The molecule has 0 saturated carbocycles. The Bertz CT molecular complexity index is 970. The molecule has 1 aliphatic rings. The van der Waals surface area contributed by atoms with Gasteiger partial charge in [-0.15, -0.1) is 0 Å². The number of Topliss-reactive ketones (excluding diaryl/α,β-unsaturated/α-hetero) is 1. The van der Waals surface area contributed by atoms with Crippen LogP contribution < -0.4 is 21.9 Å². The maximum Gasteiger partial charge on any atom is 0.332 e. The fourth-order valence-corrected chi connectivity index (χ4v) is 4.21. The van der Waals surface area contributed by atoms with Crippen molar-refractivity contribution in [3.63, 3.8) is 0 Å². The minimum Gasteiger partial charge on any atom is -0.384 e. The van der Waals surface area contributed by atoms with Crippen LogP contribution in [0.3, 0.4) is 0 Å². The summed E-state index contributed by atoms with van der Waals surface area (Å²) in [6.07, 6.45) is 3.87. The summed E-state index contributed by atoms with van der Waals surface area (Å²) in [5, 5.41) is 0. The highest BCUT2D eigenvalue weighted by molar-refractivity contribution is 6.00. The summed E-state index contributed by atoms with van der Waals surface area (Å²) in [5.41, 5.74) is 6.32. The molecule has 29 heavy (non-hydrogen) atoms. The summed E-state index contributed by atoms with van der Waals surface area (Å²) >= 11 is 0. The minimum atomic E-state index is -0.594. The largest absolute Gasteiger partial charge is 0.384 e. The number of nitrogens with one attached hydrogen (secondary N) is 1. The normalized spacial score (nSPS) is 19.2. The standard InChI is InChI=1S/C22H30N4O3/c1-3-11-26-20(23)19(21(28)24(2)22(26)29)18(27)15-25-12-9-17(10-13-25)14-16-7-5-4-6-8-16/h4-8,17H,3,9-15,23H2,1-2H3/p+1. The first-order valence-electron chi connectivity index (χ1n) is 10.4. The van der Waals surface area contributed by atoms with E-state index >= 15 is 0 Å². The van der Waals surface area contributed by atoms with Crippen LogP contribution in [0.15, 0.2) is 39.9 Å². The molecular formula is C22H31N4O3+. The van der Waals surface area contributed by atoms with Gasteiger partial charge in [0.1, 0.15) is 17.9 Å². The minimum absolute atomic E-state index is 0.00307. The van der Waals surface area contributed by atoms with E-state index in [-0.39, 0.29) is 23.7 Å². The Balaban J connectivity index is 1.67. The number of hydrogen-bond acceptors (Lipinski definition) is 4. The van der Waals surface area contributed by atoms with Crippen LogP contribution in [-0.2, 0) is 20.0 Å². The SMILES string of the molecule is CCCn1c(N)c(C(=O)C[NH+]2CCC(Cc3ccccc3)CC2)c(=O)n(C)c1=O. The van der Waals surface area contributed by atoms with Gasteiger partial charge in [0, 0.05) is 13.6 Å². The molecule has 156 valence electrons. The van der Waals surface area contributed by atoms with Crippen molar-refractivity contribution in [3.8, 4) is 0 Å². The highest BCUT2D eigenvalue weighted by Gasteiger charge is 2.28. The molecule has 0 radical (unpaired) electrons. The van der Waals surface area contributed by atoms with Crippen molar-refractivity contribution >= 4 is 11.6 Å². The summed E-state index contributed by atoms with van der Waals surface area (Å²) in [4.78, 5) is 38.9. The average Bonchev–Trinajstić information content (AvgIpc) is 2.72. The van der Waals surface area contributed by atoms with Crippen LogP contribution in [0.1, 0.15) is 42.1 Å². The first kappa shape index (κ1) is 21.0. The molecule has 1 aliphatic heterocycles. The molecule has 0 aliphatic carbocycles. The lowest BCUT2D eigenvalue weighted by Gasteiger charge is -2.29. The van der Waals surface area contributed by atoms with Gasteiger partial charge in [0.2, 0.25) is 5.78 Å². The molecule has 3 rings (SSSR count). The van der Waals surface area contributed by atoms with Crippen molar-refractivity contribution in [2.45, 2.75) is 39.2 Å². The summed E-state index contributed by atoms with van der Waals surface area (Å²) in [5.74, 6) is 0.355. The van der Waals surface area contributed by atoms with E-state index in [1.807, 2.05) is 13.0 Å². The van der Waals surface area contributed by atoms with Crippen LogP contribution in [0.25, 0.3) is 0 Å². The number of aromatic nitrogens is 2. The number of nitrogens with two attached hydrogens (primary N) is 1. The summed E-state index contributed by atoms with van der Waals surface area (Å²) in [6, 6.07) is 10.5. The number of likely N-dealkylation sites (tertiary alicyclic amines) is 1. The zero-order valence-electron chi connectivity index (χ0n) is 17.3. The smallest absolute Gasteiger partial charge is 0.332 e. The van der Waals surface area contributed by atoms with E-state index in [1.165, 1.54) is 22.1 Å². The molecule has 0 spiro atoms. The van der Waals surface area contributed by atoms with E-state index in [1.54, 1.807) is 0 Å². The molecule has 7 nitrogen and oxygen atoms in total. The van der Waals surface area contributed by atoms with Crippen LogP contribution in [0, 0.1) is 5.92 Å². The van der Waals surface area contributed by atoms with Crippen molar-refractivity contribution in [3.05, 3.63) is 62.3 Å². The molecule has 1 aromatic carbocycles. The number of hydrogen-bond donors (Lipinski definition) is 2. The van der Waals surface area contributed by atoms with Crippen molar-refractivity contribution in [2.75, 3.05) is 25.4 Å². The number of benzene rings is 1. The number of carbonyl (C=O) groups excluding carboxylic acids is 1. The molecule has 2 aromatic rings. The number of carbonyl (C=O) groups is 1. The topological polar surface area (TPSA) is 91.5 Å². The third-order valence-corrected chi connectivity index (χ3v) is 5.90. The Hall–Kier alpha value is -2.67. The predicted molar refractivity (Wildman–Crippen MR) is 113 cm³/mol. The van der Waals surface area contributed by atoms with Gasteiger partial charge in [-0.2, -0.15) is 0 Å². The Labute approximate surface area is 170 Å². The number of anilines is 1. The lowest BCUT2D eigenvalue weighted by Crippen LogP contribution is -3.14. The number of piperidine rings is 1. The molecule has 0 bridgehead atoms. The summed E-state index contributed by atoms with van der Waals surface area (Å²) in [6.45, 7) is 4.34. The molecular weight excluding hydrogens is 368 g/mol. The van der Waals surface area contributed by atoms with Gasteiger partial charge in [0.15, 0.2) is 0 Å². The van der Waals surface area contributed by atoms with Crippen molar-refractivity contribution in [1.29, 1.82) is 0 Å². The second-order valence-corrected chi connectivity index (χ2v) is 8.04. The van der Waals surface area contributed by atoms with Crippen LogP contribution in [0.2, 0.25) is 0 Å². The maximum absolute atomic E-state index is 12.9. The lowest BCUT2D eigenvalue weighted by molar-refractivity contribution is -0.897. The van der Waals surface area contributed by atoms with Crippen LogP contribution in [0.4, 0.5) is 5.82 Å². The third-order valence-electron chi connectivity index (χ3n) is 5.90. The van der Waals surface area contributed by atoms with Gasteiger partial charge in [0.25, 0.3) is 5.56 Å². The molecule has 1 aromatic heterocycles. The predicted octanol–water partition coefficient (Wildman–Crippen LogP) is 0.260. The average molecular weight is 400 g/mol. The number of rotatable bonds is 7. The van der Waals surface area contributed by atoms with Crippen LogP contribution in [0.5, 0.6) is 0 Å². The first-order valence-corrected chi connectivity index (χ1v) is 10.4. The van der Waals surface area contributed by atoms with E-state index < -0.39 is 11.2 Å². The van der Waals surface area contributed by atoms with Crippen LogP contribution >= 0.6 is 0 Å². The molecule has 0 atom stereocenters. The van der Waals surface area contributed by atoms with E-state index in [9.17, 15) is 14.4 Å². The van der Waals surface area contributed by atoms with Crippen LogP contribution in [-0.4, -0.2) is 34.6 Å².